The minimum absolute atomic E-state index is 0.781. The molecule has 4 aromatic heterocycles. The molecule has 2 aromatic carbocycles. The second-order valence-corrected chi connectivity index (χ2v) is 10.0. The van der Waals surface area contributed by atoms with Gasteiger partial charge in [0.15, 0.2) is 11.6 Å². The average molecular weight is 519 g/mol. The summed E-state index contributed by atoms with van der Waals surface area (Å²) in [6, 6.07) is 15.7. The van der Waals surface area contributed by atoms with Crippen LogP contribution in [0.25, 0.3) is 31.1 Å². The van der Waals surface area contributed by atoms with E-state index in [2.05, 4.69) is 20.4 Å². The maximum absolute atomic E-state index is 5.24. The zero-order valence-corrected chi connectivity index (χ0v) is 21.3. The molecule has 0 fully saturated rings. The lowest BCUT2D eigenvalue weighted by Gasteiger charge is -2.00. The molecule has 6 rings (SSSR count). The van der Waals surface area contributed by atoms with Gasteiger partial charge in [-0.05, 0) is 61.4 Å². The molecule has 0 amide bonds. The molecule has 182 valence electrons. The molecular weight excluding hydrogens is 496 g/mol. The van der Waals surface area contributed by atoms with Crippen molar-refractivity contribution in [2.75, 3.05) is 14.2 Å². The van der Waals surface area contributed by atoms with Crippen LogP contribution in [0, 0.1) is 0 Å². The summed E-state index contributed by atoms with van der Waals surface area (Å²) in [5.74, 6) is 3.37. The van der Waals surface area contributed by atoms with Gasteiger partial charge in [0.1, 0.15) is 21.5 Å². The van der Waals surface area contributed by atoms with E-state index in [1.807, 2.05) is 57.6 Å². The van der Waals surface area contributed by atoms with Crippen LogP contribution in [0.4, 0.5) is 0 Å². The van der Waals surface area contributed by atoms with E-state index in [-0.39, 0.29) is 0 Å². The van der Waals surface area contributed by atoms with E-state index < -0.39 is 0 Å². The van der Waals surface area contributed by atoms with Crippen LogP contribution in [0.1, 0.15) is 24.5 Å². The number of aryl methyl sites for hydroxylation is 2. The standard InChI is InChI=1S/C24H22N8O2S2/c1-33-17-11-7-15(8-12-17)21-29-31-19(25-27-23(31)35-21)5-3-4-6-20-26-28-24-32(20)30-22(36-24)16-9-13-18(34-2)14-10-16/h7-14H,3-6H2,1-2H3. The van der Waals surface area contributed by atoms with Gasteiger partial charge in [0, 0.05) is 24.0 Å². The lowest BCUT2D eigenvalue weighted by molar-refractivity contribution is 0.415. The average Bonchev–Trinajstić information content (AvgIpc) is 3.69. The van der Waals surface area contributed by atoms with Crippen LogP contribution in [-0.2, 0) is 12.8 Å². The lowest BCUT2D eigenvalue weighted by Crippen LogP contribution is -2.00. The van der Waals surface area contributed by atoms with E-state index in [1.54, 1.807) is 14.2 Å². The number of methoxy groups -OCH3 is 2. The number of ether oxygens (including phenoxy) is 2. The lowest BCUT2D eigenvalue weighted by atomic mass is 10.2. The van der Waals surface area contributed by atoms with Gasteiger partial charge in [0.05, 0.1) is 14.2 Å². The zero-order chi connectivity index (χ0) is 24.5. The van der Waals surface area contributed by atoms with Crippen molar-refractivity contribution >= 4 is 32.6 Å². The molecule has 0 spiro atoms. The van der Waals surface area contributed by atoms with E-state index in [0.29, 0.717) is 0 Å². The Labute approximate surface area is 214 Å². The summed E-state index contributed by atoms with van der Waals surface area (Å²) in [5, 5.41) is 28.6. The summed E-state index contributed by atoms with van der Waals surface area (Å²) in [6.45, 7) is 0. The third kappa shape index (κ3) is 4.29. The maximum atomic E-state index is 5.24. The molecule has 0 aliphatic carbocycles. The van der Waals surface area contributed by atoms with Crippen molar-refractivity contribution in [1.82, 2.24) is 39.6 Å². The molecular formula is C24H22N8O2S2. The highest BCUT2D eigenvalue weighted by molar-refractivity contribution is 7.20. The summed E-state index contributed by atoms with van der Waals surface area (Å²) in [6.07, 6.45) is 3.42. The molecule has 0 saturated heterocycles. The molecule has 4 heterocycles. The van der Waals surface area contributed by atoms with Crippen LogP contribution in [0.15, 0.2) is 48.5 Å². The summed E-state index contributed by atoms with van der Waals surface area (Å²) >= 11 is 3.06. The van der Waals surface area contributed by atoms with Gasteiger partial charge in [-0.15, -0.1) is 20.4 Å². The molecule has 6 aromatic rings. The monoisotopic (exact) mass is 518 g/mol. The predicted molar refractivity (Wildman–Crippen MR) is 138 cm³/mol. The molecule has 10 nitrogen and oxygen atoms in total. The van der Waals surface area contributed by atoms with Crippen molar-refractivity contribution in [2.24, 2.45) is 0 Å². The van der Waals surface area contributed by atoms with E-state index in [9.17, 15) is 0 Å². The minimum atomic E-state index is 0.781. The Morgan fingerprint density at radius 2 is 1.03 bits per heavy atom. The van der Waals surface area contributed by atoms with Crippen LogP contribution in [0.5, 0.6) is 11.5 Å². The first kappa shape index (κ1) is 22.6. The van der Waals surface area contributed by atoms with Crippen molar-refractivity contribution in [3.63, 3.8) is 0 Å². The first-order valence-corrected chi connectivity index (χ1v) is 13.1. The minimum Gasteiger partial charge on any atom is -0.497 e. The highest BCUT2D eigenvalue weighted by Crippen LogP contribution is 2.28. The van der Waals surface area contributed by atoms with Gasteiger partial charge in [-0.25, -0.2) is 0 Å². The fraction of sp³-hybridized carbons (Fsp3) is 0.250. The number of fused-ring (bicyclic) bond motifs is 2. The quantitative estimate of drug-likeness (QED) is 0.256. The second kappa shape index (κ2) is 9.63. The number of benzene rings is 2. The van der Waals surface area contributed by atoms with Crippen LogP contribution >= 0.6 is 22.7 Å². The number of rotatable bonds is 9. The number of hydrogen-bond donors (Lipinski definition) is 0. The highest BCUT2D eigenvalue weighted by Gasteiger charge is 2.15. The van der Waals surface area contributed by atoms with Crippen molar-refractivity contribution < 1.29 is 9.47 Å². The smallest absolute Gasteiger partial charge is 0.234 e. The summed E-state index contributed by atoms with van der Waals surface area (Å²) in [4.78, 5) is 1.59. The Morgan fingerprint density at radius 1 is 0.611 bits per heavy atom. The largest absolute Gasteiger partial charge is 0.497 e. The van der Waals surface area contributed by atoms with E-state index >= 15 is 0 Å². The molecule has 0 aliphatic heterocycles. The third-order valence-electron chi connectivity index (χ3n) is 5.84. The Morgan fingerprint density at radius 3 is 1.42 bits per heavy atom. The number of aromatic nitrogens is 8. The number of unbranched alkanes of at least 4 members (excludes halogenated alkanes) is 1. The Hall–Kier alpha value is -3.90. The Kier molecular flexibility index (Phi) is 6.03. The van der Waals surface area contributed by atoms with Gasteiger partial charge in [0.2, 0.25) is 9.92 Å². The predicted octanol–water partition coefficient (Wildman–Crippen LogP) is 4.60. The zero-order valence-electron chi connectivity index (χ0n) is 19.7. The van der Waals surface area contributed by atoms with Gasteiger partial charge in [-0.2, -0.15) is 19.2 Å². The van der Waals surface area contributed by atoms with Gasteiger partial charge < -0.3 is 9.47 Å². The van der Waals surface area contributed by atoms with E-state index in [0.717, 1.165) is 79.9 Å². The molecule has 12 heteroatoms. The number of hydrogen-bond acceptors (Lipinski definition) is 10. The van der Waals surface area contributed by atoms with E-state index in [1.165, 1.54) is 22.7 Å². The van der Waals surface area contributed by atoms with Gasteiger partial charge >= 0.3 is 0 Å². The van der Waals surface area contributed by atoms with Crippen LogP contribution in [-0.4, -0.2) is 53.8 Å². The highest BCUT2D eigenvalue weighted by atomic mass is 32.1. The Bertz CT molecular complexity index is 1490. The fourth-order valence-corrected chi connectivity index (χ4v) is 5.62. The van der Waals surface area contributed by atoms with Crippen LogP contribution in [0.3, 0.4) is 0 Å². The topological polar surface area (TPSA) is 105 Å². The first-order chi connectivity index (χ1) is 17.7. The van der Waals surface area contributed by atoms with Crippen LogP contribution < -0.4 is 9.47 Å². The molecule has 0 N–H and O–H groups in total. The molecule has 0 saturated carbocycles. The molecule has 0 unspecified atom stereocenters. The van der Waals surface area contributed by atoms with Gasteiger partial charge in [-0.3, -0.25) is 0 Å². The van der Waals surface area contributed by atoms with Crippen LogP contribution in [0.2, 0.25) is 0 Å². The molecule has 36 heavy (non-hydrogen) atoms. The van der Waals surface area contributed by atoms with E-state index in [4.69, 9.17) is 19.7 Å². The van der Waals surface area contributed by atoms with Gasteiger partial charge in [-0.1, -0.05) is 22.7 Å². The third-order valence-corrected chi connectivity index (χ3v) is 7.73. The van der Waals surface area contributed by atoms with Gasteiger partial charge in [0.25, 0.3) is 0 Å². The summed E-state index contributed by atoms with van der Waals surface area (Å²) < 4.78 is 14.2. The molecule has 0 radical (unpaired) electrons. The van der Waals surface area contributed by atoms with Crippen molar-refractivity contribution in [1.29, 1.82) is 0 Å². The Balaban J connectivity index is 1.10. The molecule has 0 bridgehead atoms. The normalized spacial score (nSPS) is 11.5. The van der Waals surface area contributed by atoms with Crippen molar-refractivity contribution in [3.05, 3.63) is 60.2 Å². The van der Waals surface area contributed by atoms with Crippen molar-refractivity contribution in [2.45, 2.75) is 25.7 Å². The number of nitrogens with zero attached hydrogens (tertiary/aromatic N) is 8. The molecule has 0 aliphatic rings. The second-order valence-electron chi connectivity index (χ2n) is 8.10. The van der Waals surface area contributed by atoms with Crippen molar-refractivity contribution in [3.8, 4) is 32.6 Å². The maximum Gasteiger partial charge on any atom is 0.234 e. The SMILES string of the molecule is COc1ccc(-c2nn3c(CCCCc4nnc5sc(-c6ccc(OC)cc6)nn45)nnc3s2)cc1. The molecule has 0 atom stereocenters. The first-order valence-electron chi connectivity index (χ1n) is 11.4. The summed E-state index contributed by atoms with van der Waals surface area (Å²) in [5.41, 5.74) is 2.07. The summed E-state index contributed by atoms with van der Waals surface area (Å²) in [7, 11) is 3.32. The fourth-order valence-electron chi connectivity index (χ4n) is 3.89.